The Morgan fingerprint density at radius 1 is 1.63 bits per heavy atom. The minimum atomic E-state index is -0.387. The SMILES string of the molecule is CCC(C)[C@H](N)C(=O)N1CCCC1c1cccnc1. The van der Waals surface area contributed by atoms with Gasteiger partial charge in [0.25, 0.3) is 0 Å². The van der Waals surface area contributed by atoms with E-state index < -0.39 is 0 Å². The highest BCUT2D eigenvalue weighted by molar-refractivity contribution is 5.82. The first-order valence-corrected chi connectivity index (χ1v) is 7.11. The third kappa shape index (κ3) is 2.95. The lowest BCUT2D eigenvalue weighted by molar-refractivity contribution is -0.134. The van der Waals surface area contributed by atoms with Crippen LogP contribution in [0, 0.1) is 5.92 Å². The Morgan fingerprint density at radius 3 is 3.05 bits per heavy atom. The predicted molar refractivity (Wildman–Crippen MR) is 75.4 cm³/mol. The quantitative estimate of drug-likeness (QED) is 0.903. The molecule has 4 heteroatoms. The summed E-state index contributed by atoms with van der Waals surface area (Å²) in [5.74, 6) is 0.309. The van der Waals surface area contributed by atoms with Crippen molar-refractivity contribution in [3.63, 3.8) is 0 Å². The second-order valence-electron chi connectivity index (χ2n) is 5.39. The molecule has 4 nitrogen and oxygen atoms in total. The fourth-order valence-electron chi connectivity index (χ4n) is 2.64. The lowest BCUT2D eigenvalue weighted by Crippen LogP contribution is -2.46. The molecule has 3 atom stereocenters. The molecule has 1 fully saturated rings. The smallest absolute Gasteiger partial charge is 0.240 e. The highest BCUT2D eigenvalue weighted by atomic mass is 16.2. The summed E-state index contributed by atoms with van der Waals surface area (Å²) in [6.07, 6.45) is 6.59. The zero-order chi connectivity index (χ0) is 13.8. The molecule has 2 rings (SSSR count). The summed E-state index contributed by atoms with van der Waals surface area (Å²) in [5.41, 5.74) is 7.20. The zero-order valence-corrected chi connectivity index (χ0v) is 11.7. The van der Waals surface area contributed by atoms with Crippen LogP contribution >= 0.6 is 0 Å². The van der Waals surface area contributed by atoms with Crippen molar-refractivity contribution < 1.29 is 4.79 Å². The van der Waals surface area contributed by atoms with Gasteiger partial charge in [-0.25, -0.2) is 0 Å². The van der Waals surface area contributed by atoms with Crippen LogP contribution in [0.15, 0.2) is 24.5 Å². The van der Waals surface area contributed by atoms with Gasteiger partial charge >= 0.3 is 0 Å². The number of aromatic nitrogens is 1. The first-order chi connectivity index (χ1) is 9.15. The Kier molecular flexibility index (Phi) is 4.53. The highest BCUT2D eigenvalue weighted by Crippen LogP contribution is 2.32. The summed E-state index contributed by atoms with van der Waals surface area (Å²) in [5, 5.41) is 0. The van der Waals surface area contributed by atoms with Crippen LogP contribution in [-0.2, 0) is 4.79 Å². The normalized spacial score (nSPS) is 22.3. The summed E-state index contributed by atoms with van der Waals surface area (Å²) in [7, 11) is 0. The number of amides is 1. The molecular weight excluding hydrogens is 238 g/mol. The Morgan fingerprint density at radius 2 is 2.42 bits per heavy atom. The number of likely N-dealkylation sites (tertiary alicyclic amines) is 1. The van der Waals surface area contributed by atoms with Crippen LogP contribution < -0.4 is 5.73 Å². The van der Waals surface area contributed by atoms with E-state index in [1.54, 1.807) is 6.20 Å². The van der Waals surface area contributed by atoms with Crippen LogP contribution in [0.3, 0.4) is 0 Å². The van der Waals surface area contributed by atoms with Crippen molar-refractivity contribution in [2.45, 2.75) is 45.2 Å². The molecule has 2 heterocycles. The van der Waals surface area contributed by atoms with E-state index in [1.165, 1.54) is 0 Å². The van der Waals surface area contributed by atoms with Crippen LogP contribution in [-0.4, -0.2) is 28.4 Å². The van der Waals surface area contributed by atoms with Gasteiger partial charge in [0.2, 0.25) is 5.91 Å². The fourth-order valence-corrected chi connectivity index (χ4v) is 2.64. The van der Waals surface area contributed by atoms with Crippen molar-refractivity contribution in [1.29, 1.82) is 0 Å². The molecule has 1 aromatic heterocycles. The van der Waals surface area contributed by atoms with Crippen LogP contribution in [0.4, 0.5) is 0 Å². The molecule has 0 aliphatic carbocycles. The van der Waals surface area contributed by atoms with Gasteiger partial charge in [0.05, 0.1) is 12.1 Å². The third-order valence-electron chi connectivity index (χ3n) is 4.15. The highest BCUT2D eigenvalue weighted by Gasteiger charge is 2.34. The van der Waals surface area contributed by atoms with Gasteiger partial charge in [-0.1, -0.05) is 26.3 Å². The first-order valence-electron chi connectivity index (χ1n) is 7.11. The van der Waals surface area contributed by atoms with Crippen molar-refractivity contribution in [1.82, 2.24) is 9.88 Å². The van der Waals surface area contributed by atoms with Gasteiger partial charge in [-0.3, -0.25) is 9.78 Å². The third-order valence-corrected chi connectivity index (χ3v) is 4.15. The Balaban J connectivity index is 2.13. The summed E-state index contributed by atoms with van der Waals surface area (Å²) < 4.78 is 0. The molecule has 1 amide bonds. The molecule has 2 unspecified atom stereocenters. The second kappa shape index (κ2) is 6.15. The van der Waals surface area contributed by atoms with Gasteiger partial charge in [-0.15, -0.1) is 0 Å². The molecule has 0 saturated carbocycles. The van der Waals surface area contributed by atoms with Crippen LogP contribution in [0.5, 0.6) is 0 Å². The van der Waals surface area contributed by atoms with E-state index in [1.807, 2.05) is 30.2 Å². The predicted octanol–water partition coefficient (Wildman–Crippen LogP) is 2.12. The summed E-state index contributed by atoms with van der Waals surface area (Å²) in [4.78, 5) is 18.6. The van der Waals surface area contributed by atoms with Crippen molar-refractivity contribution in [3.8, 4) is 0 Å². The maximum atomic E-state index is 12.5. The van der Waals surface area contributed by atoms with Gasteiger partial charge in [-0.2, -0.15) is 0 Å². The average Bonchev–Trinajstić information content (AvgIpc) is 2.95. The minimum Gasteiger partial charge on any atom is -0.334 e. The molecule has 0 aromatic carbocycles. The van der Waals surface area contributed by atoms with Crippen molar-refractivity contribution in [2.75, 3.05) is 6.54 Å². The van der Waals surface area contributed by atoms with E-state index in [4.69, 9.17) is 5.73 Å². The molecule has 1 aliphatic rings. The Hall–Kier alpha value is -1.42. The van der Waals surface area contributed by atoms with Crippen molar-refractivity contribution in [2.24, 2.45) is 11.7 Å². The molecule has 0 bridgehead atoms. The summed E-state index contributed by atoms with van der Waals surface area (Å²) in [6.45, 7) is 4.92. The monoisotopic (exact) mass is 261 g/mol. The molecule has 1 aliphatic heterocycles. The molecule has 19 heavy (non-hydrogen) atoms. The Bertz CT molecular complexity index is 421. The minimum absolute atomic E-state index is 0.0840. The second-order valence-corrected chi connectivity index (χ2v) is 5.39. The van der Waals surface area contributed by atoms with Gasteiger partial charge in [-0.05, 0) is 30.4 Å². The Labute approximate surface area is 115 Å². The van der Waals surface area contributed by atoms with Crippen LogP contribution in [0.25, 0.3) is 0 Å². The van der Waals surface area contributed by atoms with E-state index in [9.17, 15) is 4.79 Å². The number of nitrogens with zero attached hydrogens (tertiary/aromatic N) is 2. The molecule has 1 saturated heterocycles. The molecular formula is C15H23N3O. The number of pyridine rings is 1. The van der Waals surface area contributed by atoms with Gasteiger partial charge in [0, 0.05) is 18.9 Å². The standard InChI is InChI=1S/C15H23N3O/c1-3-11(2)14(16)15(19)18-9-5-7-13(18)12-6-4-8-17-10-12/h4,6,8,10-11,13-14H,3,5,7,9,16H2,1-2H3/t11?,13?,14-/m0/s1. The molecule has 1 aromatic rings. The van der Waals surface area contributed by atoms with E-state index in [0.29, 0.717) is 0 Å². The topological polar surface area (TPSA) is 59.2 Å². The van der Waals surface area contributed by atoms with Gasteiger partial charge in [0.1, 0.15) is 0 Å². The lowest BCUT2D eigenvalue weighted by atomic mass is 9.98. The van der Waals surface area contributed by atoms with E-state index in [-0.39, 0.29) is 23.9 Å². The number of rotatable bonds is 4. The molecule has 2 N–H and O–H groups in total. The van der Waals surface area contributed by atoms with Gasteiger partial charge in [0.15, 0.2) is 0 Å². The van der Waals surface area contributed by atoms with Crippen molar-refractivity contribution in [3.05, 3.63) is 30.1 Å². The van der Waals surface area contributed by atoms with E-state index in [2.05, 4.69) is 11.9 Å². The first kappa shape index (κ1) is 14.0. The average molecular weight is 261 g/mol. The number of hydrogen-bond donors (Lipinski definition) is 1. The number of carbonyl (C=O) groups excluding carboxylic acids is 1. The fraction of sp³-hybridized carbons (Fsp3) is 0.600. The maximum absolute atomic E-state index is 12.5. The van der Waals surface area contributed by atoms with Gasteiger partial charge < -0.3 is 10.6 Å². The maximum Gasteiger partial charge on any atom is 0.240 e. The van der Waals surface area contributed by atoms with E-state index >= 15 is 0 Å². The number of carbonyl (C=O) groups is 1. The molecule has 0 spiro atoms. The van der Waals surface area contributed by atoms with E-state index in [0.717, 1.165) is 31.4 Å². The summed E-state index contributed by atoms with van der Waals surface area (Å²) in [6, 6.07) is 3.72. The van der Waals surface area contributed by atoms with Crippen molar-refractivity contribution >= 4 is 5.91 Å². The number of hydrogen-bond acceptors (Lipinski definition) is 3. The largest absolute Gasteiger partial charge is 0.334 e. The van der Waals surface area contributed by atoms with Crippen LogP contribution in [0.1, 0.15) is 44.7 Å². The van der Waals surface area contributed by atoms with Crippen LogP contribution in [0.2, 0.25) is 0 Å². The molecule has 0 radical (unpaired) electrons. The molecule has 104 valence electrons. The summed E-state index contributed by atoms with van der Waals surface area (Å²) >= 11 is 0. The number of nitrogens with two attached hydrogens (primary N) is 1. The zero-order valence-electron chi connectivity index (χ0n) is 11.7. The lowest BCUT2D eigenvalue weighted by Gasteiger charge is -2.29.